The van der Waals surface area contributed by atoms with Gasteiger partial charge in [0.25, 0.3) is 0 Å². The van der Waals surface area contributed by atoms with Crippen LogP contribution >= 0.6 is 27.7 Å². The summed E-state index contributed by atoms with van der Waals surface area (Å²) in [4.78, 5) is 0. The lowest BCUT2D eigenvalue weighted by Gasteiger charge is -2.21. The molecule has 1 aliphatic heterocycles. The first kappa shape index (κ1) is 10.6. The van der Waals surface area contributed by atoms with Crippen molar-refractivity contribution in [3.63, 3.8) is 0 Å². The highest BCUT2D eigenvalue weighted by atomic mass is 79.9. The Balaban J connectivity index is 1.95. The van der Waals surface area contributed by atoms with E-state index in [0.29, 0.717) is 0 Å². The van der Waals surface area contributed by atoms with Gasteiger partial charge in [-0.25, -0.2) is 0 Å². The van der Waals surface area contributed by atoms with Gasteiger partial charge in [0.15, 0.2) is 0 Å². The molecule has 0 aromatic heterocycles. The first-order chi connectivity index (χ1) is 6.84. The van der Waals surface area contributed by atoms with Gasteiger partial charge in [-0.1, -0.05) is 28.1 Å². The van der Waals surface area contributed by atoms with Crippen molar-refractivity contribution in [1.82, 2.24) is 0 Å². The molecule has 0 radical (unpaired) electrons. The lowest BCUT2D eigenvalue weighted by molar-refractivity contribution is 0.521. The Bertz CT molecular complexity index is 292. The molecule has 1 aromatic rings. The Kier molecular flexibility index (Phi) is 3.94. The molecule has 0 aliphatic carbocycles. The zero-order chi connectivity index (χ0) is 9.80. The lowest BCUT2D eigenvalue weighted by atomic mass is 9.96. The van der Waals surface area contributed by atoms with E-state index in [-0.39, 0.29) is 0 Å². The van der Waals surface area contributed by atoms with Crippen molar-refractivity contribution in [2.75, 3.05) is 11.5 Å². The number of halogens is 1. The van der Waals surface area contributed by atoms with Crippen molar-refractivity contribution >= 4 is 27.7 Å². The SMILES string of the molecule is Brc1cccc(CC2CCCSC2)c1. The van der Waals surface area contributed by atoms with Crippen molar-refractivity contribution < 1.29 is 0 Å². The maximum Gasteiger partial charge on any atom is 0.0177 e. The summed E-state index contributed by atoms with van der Waals surface area (Å²) in [5, 5.41) is 0. The maximum atomic E-state index is 3.52. The van der Waals surface area contributed by atoms with E-state index >= 15 is 0 Å². The topological polar surface area (TPSA) is 0 Å². The second kappa shape index (κ2) is 5.22. The van der Waals surface area contributed by atoms with Crippen LogP contribution in [0.3, 0.4) is 0 Å². The van der Waals surface area contributed by atoms with Crippen LogP contribution in [0.15, 0.2) is 28.7 Å². The molecule has 1 heterocycles. The van der Waals surface area contributed by atoms with Gasteiger partial charge in [-0.3, -0.25) is 0 Å². The van der Waals surface area contributed by atoms with E-state index in [1.807, 2.05) is 0 Å². The largest absolute Gasteiger partial charge is 0.162 e. The van der Waals surface area contributed by atoms with Crippen LogP contribution in [0.1, 0.15) is 18.4 Å². The monoisotopic (exact) mass is 270 g/mol. The van der Waals surface area contributed by atoms with Crippen molar-refractivity contribution in [2.24, 2.45) is 5.92 Å². The molecule has 1 aromatic carbocycles. The molecule has 2 rings (SSSR count). The zero-order valence-electron chi connectivity index (χ0n) is 8.21. The molecule has 0 spiro atoms. The smallest absolute Gasteiger partial charge is 0.0177 e. The fourth-order valence-electron chi connectivity index (χ4n) is 1.97. The van der Waals surface area contributed by atoms with Gasteiger partial charge in [-0.15, -0.1) is 0 Å². The van der Waals surface area contributed by atoms with E-state index in [1.54, 1.807) is 0 Å². The van der Waals surface area contributed by atoms with Crippen LogP contribution in [0.25, 0.3) is 0 Å². The normalized spacial score (nSPS) is 22.2. The molecule has 2 heteroatoms. The van der Waals surface area contributed by atoms with Gasteiger partial charge in [-0.05, 0) is 54.4 Å². The van der Waals surface area contributed by atoms with Gasteiger partial charge in [0.2, 0.25) is 0 Å². The van der Waals surface area contributed by atoms with Crippen LogP contribution in [0.2, 0.25) is 0 Å². The number of hydrogen-bond donors (Lipinski definition) is 0. The van der Waals surface area contributed by atoms with E-state index in [9.17, 15) is 0 Å². The minimum Gasteiger partial charge on any atom is -0.162 e. The number of thioether (sulfide) groups is 1. The van der Waals surface area contributed by atoms with Gasteiger partial charge < -0.3 is 0 Å². The molecule has 0 saturated carbocycles. The summed E-state index contributed by atoms with van der Waals surface area (Å²) < 4.78 is 1.21. The molecule has 1 fully saturated rings. The average molecular weight is 271 g/mol. The Morgan fingerprint density at radius 2 is 2.36 bits per heavy atom. The number of benzene rings is 1. The summed E-state index contributed by atoms with van der Waals surface area (Å²) in [5.74, 6) is 3.63. The minimum atomic E-state index is 0.906. The molecule has 76 valence electrons. The van der Waals surface area contributed by atoms with E-state index in [2.05, 4.69) is 52.0 Å². The van der Waals surface area contributed by atoms with Crippen molar-refractivity contribution in [1.29, 1.82) is 0 Å². The Morgan fingerprint density at radius 1 is 1.43 bits per heavy atom. The Labute approximate surface area is 98.6 Å². The van der Waals surface area contributed by atoms with Crippen LogP contribution in [-0.4, -0.2) is 11.5 Å². The third kappa shape index (κ3) is 3.03. The fraction of sp³-hybridized carbons (Fsp3) is 0.500. The third-order valence-corrected chi connectivity index (χ3v) is 4.45. The van der Waals surface area contributed by atoms with Crippen molar-refractivity contribution in [3.8, 4) is 0 Å². The van der Waals surface area contributed by atoms with Crippen LogP contribution in [-0.2, 0) is 6.42 Å². The molecule has 0 nitrogen and oxygen atoms in total. The van der Waals surface area contributed by atoms with Crippen LogP contribution in [0.4, 0.5) is 0 Å². The molecule has 0 bridgehead atoms. The molecule has 1 saturated heterocycles. The summed E-state index contributed by atoms with van der Waals surface area (Å²) in [5.41, 5.74) is 1.48. The van der Waals surface area contributed by atoms with Gasteiger partial charge in [0.1, 0.15) is 0 Å². The van der Waals surface area contributed by atoms with Gasteiger partial charge in [-0.2, -0.15) is 11.8 Å². The Morgan fingerprint density at radius 3 is 3.07 bits per heavy atom. The third-order valence-electron chi connectivity index (χ3n) is 2.67. The van der Waals surface area contributed by atoms with Gasteiger partial charge in [0.05, 0.1) is 0 Å². The van der Waals surface area contributed by atoms with Crippen molar-refractivity contribution in [2.45, 2.75) is 19.3 Å². The molecule has 1 atom stereocenters. The lowest BCUT2D eigenvalue weighted by Crippen LogP contribution is -2.12. The average Bonchev–Trinajstić information content (AvgIpc) is 2.19. The standard InChI is InChI=1S/C12H15BrS/c13-12-5-1-3-10(8-12)7-11-4-2-6-14-9-11/h1,3,5,8,11H,2,4,6-7,9H2. The first-order valence-electron chi connectivity index (χ1n) is 5.17. The predicted molar refractivity (Wildman–Crippen MR) is 67.9 cm³/mol. The van der Waals surface area contributed by atoms with Crippen LogP contribution < -0.4 is 0 Å². The maximum absolute atomic E-state index is 3.52. The van der Waals surface area contributed by atoms with E-state index < -0.39 is 0 Å². The zero-order valence-corrected chi connectivity index (χ0v) is 10.6. The summed E-state index contributed by atoms with van der Waals surface area (Å²) in [7, 11) is 0. The number of hydrogen-bond acceptors (Lipinski definition) is 1. The summed E-state index contributed by atoms with van der Waals surface area (Å²) in [6, 6.07) is 8.72. The fourth-order valence-corrected chi connectivity index (χ4v) is 3.57. The minimum absolute atomic E-state index is 0.906. The molecule has 0 amide bonds. The molecular formula is C12H15BrS. The highest BCUT2D eigenvalue weighted by molar-refractivity contribution is 9.10. The molecule has 1 unspecified atom stereocenters. The quantitative estimate of drug-likeness (QED) is 0.779. The van der Waals surface area contributed by atoms with Crippen LogP contribution in [0.5, 0.6) is 0 Å². The predicted octanol–water partition coefficient (Wildman–Crippen LogP) is 4.13. The van der Waals surface area contributed by atoms with E-state index in [1.165, 1.54) is 40.8 Å². The summed E-state index contributed by atoms with van der Waals surface area (Å²) in [6.07, 6.45) is 4.08. The highest BCUT2D eigenvalue weighted by Crippen LogP contribution is 2.26. The highest BCUT2D eigenvalue weighted by Gasteiger charge is 2.13. The Hall–Kier alpha value is 0.0500. The van der Waals surface area contributed by atoms with E-state index in [4.69, 9.17) is 0 Å². The molecule has 14 heavy (non-hydrogen) atoms. The second-order valence-corrected chi connectivity index (χ2v) is 5.98. The first-order valence-corrected chi connectivity index (χ1v) is 7.11. The van der Waals surface area contributed by atoms with Gasteiger partial charge in [0, 0.05) is 4.47 Å². The summed E-state index contributed by atoms with van der Waals surface area (Å²) in [6.45, 7) is 0. The molecular weight excluding hydrogens is 256 g/mol. The molecule has 0 N–H and O–H groups in total. The van der Waals surface area contributed by atoms with Crippen molar-refractivity contribution in [3.05, 3.63) is 34.3 Å². The number of rotatable bonds is 2. The van der Waals surface area contributed by atoms with Crippen LogP contribution in [0, 0.1) is 5.92 Å². The van der Waals surface area contributed by atoms with Gasteiger partial charge >= 0.3 is 0 Å². The van der Waals surface area contributed by atoms with E-state index in [0.717, 1.165) is 5.92 Å². The second-order valence-electron chi connectivity index (χ2n) is 3.92. The summed E-state index contributed by atoms with van der Waals surface area (Å²) >= 11 is 5.64. The molecule has 1 aliphatic rings.